The van der Waals surface area contributed by atoms with Gasteiger partial charge in [-0.15, -0.1) is 0 Å². The lowest BCUT2D eigenvalue weighted by Gasteiger charge is -2.11. The van der Waals surface area contributed by atoms with E-state index >= 15 is 0 Å². The second-order valence-corrected chi connectivity index (χ2v) is 5.34. The van der Waals surface area contributed by atoms with Crippen LogP contribution >= 0.6 is 0 Å². The van der Waals surface area contributed by atoms with Gasteiger partial charge in [-0.1, -0.05) is 12.1 Å². The van der Waals surface area contributed by atoms with Crippen LogP contribution in [-0.2, 0) is 7.05 Å². The second kappa shape index (κ2) is 6.64. The van der Waals surface area contributed by atoms with Crippen molar-refractivity contribution in [3.63, 3.8) is 0 Å². The molecule has 1 N–H and O–H groups in total. The van der Waals surface area contributed by atoms with Crippen LogP contribution in [0.15, 0.2) is 47.3 Å². The van der Waals surface area contributed by atoms with Crippen molar-refractivity contribution in [3.8, 4) is 11.5 Å². The monoisotopic (exact) mass is 339 g/mol. The fourth-order valence-corrected chi connectivity index (χ4v) is 2.53. The van der Waals surface area contributed by atoms with Crippen molar-refractivity contribution >= 4 is 22.6 Å². The number of aryl methyl sites for hydroxylation is 1. The molecule has 7 nitrogen and oxygen atoms in total. The molecule has 1 amide bonds. The number of fused-ring (bicyclic) bond motifs is 1. The first-order valence-corrected chi connectivity index (χ1v) is 7.54. The SMILES string of the molecule is COc1ccc(NC(=O)c2nc3ccccc3n(C)c2=O)cc1OC. The lowest BCUT2D eigenvalue weighted by atomic mass is 10.2. The van der Waals surface area contributed by atoms with Crippen LogP contribution < -0.4 is 20.3 Å². The Morgan fingerprint density at radius 1 is 1.08 bits per heavy atom. The number of methoxy groups -OCH3 is 2. The van der Waals surface area contributed by atoms with Crippen molar-refractivity contribution in [3.05, 3.63) is 58.5 Å². The van der Waals surface area contributed by atoms with Crippen LogP contribution in [0.1, 0.15) is 10.5 Å². The van der Waals surface area contributed by atoms with E-state index < -0.39 is 11.5 Å². The Balaban J connectivity index is 1.98. The van der Waals surface area contributed by atoms with Gasteiger partial charge >= 0.3 is 0 Å². The van der Waals surface area contributed by atoms with Gasteiger partial charge in [-0.25, -0.2) is 4.98 Å². The molecule has 0 saturated carbocycles. The predicted octanol–water partition coefficient (Wildman–Crippen LogP) is 2.20. The number of carbonyl (C=O) groups excluding carboxylic acids is 1. The fraction of sp³-hybridized carbons (Fsp3) is 0.167. The van der Waals surface area contributed by atoms with E-state index in [4.69, 9.17) is 9.47 Å². The van der Waals surface area contributed by atoms with E-state index in [0.29, 0.717) is 28.2 Å². The first-order chi connectivity index (χ1) is 12.0. The number of ether oxygens (including phenoxy) is 2. The van der Waals surface area contributed by atoms with Crippen LogP contribution in [-0.4, -0.2) is 29.7 Å². The van der Waals surface area contributed by atoms with Crippen molar-refractivity contribution in [1.82, 2.24) is 9.55 Å². The van der Waals surface area contributed by atoms with E-state index in [9.17, 15) is 9.59 Å². The van der Waals surface area contributed by atoms with Crippen molar-refractivity contribution in [2.24, 2.45) is 7.05 Å². The second-order valence-electron chi connectivity index (χ2n) is 5.34. The number of amides is 1. The molecule has 128 valence electrons. The molecule has 0 atom stereocenters. The van der Waals surface area contributed by atoms with Crippen molar-refractivity contribution in [2.75, 3.05) is 19.5 Å². The molecule has 0 fully saturated rings. The number of rotatable bonds is 4. The summed E-state index contributed by atoms with van der Waals surface area (Å²) in [5.74, 6) is 0.429. The third-order valence-electron chi connectivity index (χ3n) is 3.84. The number of nitrogens with one attached hydrogen (secondary N) is 1. The molecule has 25 heavy (non-hydrogen) atoms. The average Bonchev–Trinajstić information content (AvgIpc) is 2.64. The largest absolute Gasteiger partial charge is 0.493 e. The molecule has 0 radical (unpaired) electrons. The number of benzene rings is 2. The highest BCUT2D eigenvalue weighted by Gasteiger charge is 2.17. The molecular weight excluding hydrogens is 322 g/mol. The van der Waals surface area contributed by atoms with E-state index in [1.807, 2.05) is 6.07 Å². The van der Waals surface area contributed by atoms with Crippen LogP contribution in [0.2, 0.25) is 0 Å². The number of hydrogen-bond donors (Lipinski definition) is 1. The number of aromatic nitrogens is 2. The zero-order chi connectivity index (χ0) is 18.0. The quantitative estimate of drug-likeness (QED) is 0.788. The molecule has 0 unspecified atom stereocenters. The van der Waals surface area contributed by atoms with Crippen molar-refractivity contribution < 1.29 is 14.3 Å². The van der Waals surface area contributed by atoms with Gasteiger partial charge in [0.25, 0.3) is 11.5 Å². The summed E-state index contributed by atoms with van der Waals surface area (Å²) in [6.45, 7) is 0. The highest BCUT2D eigenvalue weighted by molar-refractivity contribution is 6.03. The molecule has 0 bridgehead atoms. The minimum absolute atomic E-state index is 0.170. The van der Waals surface area contributed by atoms with Crippen LogP contribution in [0, 0.1) is 0 Å². The molecule has 1 aromatic heterocycles. The number of para-hydroxylation sites is 2. The molecule has 0 aliphatic carbocycles. The van der Waals surface area contributed by atoms with Crippen LogP contribution in [0.4, 0.5) is 5.69 Å². The zero-order valence-electron chi connectivity index (χ0n) is 14.1. The predicted molar refractivity (Wildman–Crippen MR) is 94.5 cm³/mol. The summed E-state index contributed by atoms with van der Waals surface area (Å²) >= 11 is 0. The van der Waals surface area contributed by atoms with Gasteiger partial charge < -0.3 is 19.4 Å². The lowest BCUT2D eigenvalue weighted by molar-refractivity contribution is 0.102. The molecule has 3 aromatic rings. The third-order valence-corrected chi connectivity index (χ3v) is 3.84. The highest BCUT2D eigenvalue weighted by Crippen LogP contribution is 2.29. The standard InChI is InChI=1S/C18H17N3O4/c1-21-13-7-5-4-6-12(13)20-16(18(21)23)17(22)19-11-8-9-14(24-2)15(10-11)25-3/h4-10H,1-3H3,(H,19,22). The van der Waals surface area contributed by atoms with E-state index in [0.717, 1.165) is 0 Å². The Kier molecular flexibility index (Phi) is 4.38. The van der Waals surface area contributed by atoms with Gasteiger partial charge in [-0.3, -0.25) is 9.59 Å². The van der Waals surface area contributed by atoms with Gasteiger partial charge in [0.2, 0.25) is 0 Å². The van der Waals surface area contributed by atoms with Gasteiger partial charge in [0, 0.05) is 18.8 Å². The smallest absolute Gasteiger partial charge is 0.282 e. The molecule has 0 saturated heterocycles. The zero-order valence-corrected chi connectivity index (χ0v) is 14.1. The maximum atomic E-state index is 12.5. The minimum atomic E-state index is -0.585. The number of nitrogens with zero attached hydrogens (tertiary/aromatic N) is 2. The third kappa shape index (κ3) is 3.03. The number of anilines is 1. The molecule has 7 heteroatoms. The maximum absolute atomic E-state index is 12.5. The molecule has 0 aliphatic heterocycles. The summed E-state index contributed by atoms with van der Waals surface area (Å²) in [6.07, 6.45) is 0. The van der Waals surface area contributed by atoms with E-state index in [-0.39, 0.29) is 5.69 Å². The van der Waals surface area contributed by atoms with Gasteiger partial charge in [-0.05, 0) is 24.3 Å². The Bertz CT molecular complexity index is 1010. The summed E-state index contributed by atoms with van der Waals surface area (Å²) in [4.78, 5) is 29.2. The van der Waals surface area contributed by atoms with Crippen molar-refractivity contribution in [1.29, 1.82) is 0 Å². The van der Waals surface area contributed by atoms with E-state index in [2.05, 4.69) is 10.3 Å². The average molecular weight is 339 g/mol. The highest BCUT2D eigenvalue weighted by atomic mass is 16.5. The fourth-order valence-electron chi connectivity index (χ4n) is 2.53. The summed E-state index contributed by atoms with van der Waals surface area (Å²) in [6, 6.07) is 12.1. The lowest BCUT2D eigenvalue weighted by Crippen LogP contribution is -2.29. The summed E-state index contributed by atoms with van der Waals surface area (Å²) in [5, 5.41) is 2.67. The van der Waals surface area contributed by atoms with E-state index in [1.54, 1.807) is 43.4 Å². The molecule has 2 aromatic carbocycles. The van der Waals surface area contributed by atoms with Crippen LogP contribution in [0.25, 0.3) is 11.0 Å². The Labute approximate surface area is 143 Å². The van der Waals surface area contributed by atoms with Gasteiger partial charge in [-0.2, -0.15) is 0 Å². The van der Waals surface area contributed by atoms with E-state index in [1.165, 1.54) is 18.8 Å². The normalized spacial score (nSPS) is 10.5. The first-order valence-electron chi connectivity index (χ1n) is 7.54. The van der Waals surface area contributed by atoms with Gasteiger partial charge in [0.05, 0.1) is 25.3 Å². The van der Waals surface area contributed by atoms with Crippen LogP contribution in [0.3, 0.4) is 0 Å². The topological polar surface area (TPSA) is 82.5 Å². The summed E-state index contributed by atoms with van der Waals surface area (Å²) in [7, 11) is 4.64. The Morgan fingerprint density at radius 3 is 2.52 bits per heavy atom. The number of carbonyl (C=O) groups is 1. The molecular formula is C18H17N3O4. The molecule has 3 rings (SSSR count). The molecule has 0 aliphatic rings. The first kappa shape index (κ1) is 16.5. The molecule has 0 spiro atoms. The maximum Gasteiger partial charge on any atom is 0.282 e. The Morgan fingerprint density at radius 2 is 1.80 bits per heavy atom. The summed E-state index contributed by atoms with van der Waals surface area (Å²) in [5.41, 5.74) is 1.07. The Hall–Kier alpha value is -3.35. The summed E-state index contributed by atoms with van der Waals surface area (Å²) < 4.78 is 11.8. The number of hydrogen-bond acceptors (Lipinski definition) is 5. The van der Waals surface area contributed by atoms with Gasteiger partial charge in [0.1, 0.15) is 0 Å². The van der Waals surface area contributed by atoms with Crippen molar-refractivity contribution in [2.45, 2.75) is 0 Å². The van der Waals surface area contributed by atoms with Crippen LogP contribution in [0.5, 0.6) is 11.5 Å². The molecule has 1 heterocycles. The van der Waals surface area contributed by atoms with Gasteiger partial charge in [0.15, 0.2) is 17.2 Å². The minimum Gasteiger partial charge on any atom is -0.493 e.